The van der Waals surface area contributed by atoms with Crippen molar-refractivity contribution in [2.45, 2.75) is 100 Å². The second kappa shape index (κ2) is 15.7. The molecule has 0 amide bonds. The van der Waals surface area contributed by atoms with Crippen molar-refractivity contribution in [2.24, 2.45) is 10.8 Å². The second-order valence-electron chi connectivity index (χ2n) is 15.1. The van der Waals surface area contributed by atoms with Crippen LogP contribution in [0.5, 0.6) is 0 Å². The summed E-state index contributed by atoms with van der Waals surface area (Å²) in [5, 5.41) is 14.5. The molecule has 0 fully saturated rings. The first-order valence-electron chi connectivity index (χ1n) is 18.0. The molecule has 0 aliphatic rings. The minimum Gasteiger partial charge on any atom is -0.512 e. The van der Waals surface area contributed by atoms with E-state index in [9.17, 15) is 9.90 Å². The van der Waals surface area contributed by atoms with Gasteiger partial charge in [0, 0.05) is 59.7 Å². The Hall–Kier alpha value is -3.99. The Morgan fingerprint density at radius 1 is 0.843 bits per heavy atom. The number of aryl methyl sites for hydroxylation is 1. The number of allylic oxidation sites excluding steroid dienone is 2. The molecule has 3 aromatic carbocycles. The zero-order valence-corrected chi connectivity index (χ0v) is 34.2. The number of aliphatic hydroxyl groups excluding tert-OH is 1. The third kappa shape index (κ3) is 7.78. The number of hydrogen-bond acceptors (Lipinski definition) is 5. The van der Waals surface area contributed by atoms with Gasteiger partial charge in [-0.2, -0.15) is 0 Å². The molecule has 6 aromatic rings. The molecule has 0 spiro atoms. The molecule has 0 aliphatic carbocycles. The van der Waals surface area contributed by atoms with Crippen LogP contribution in [0.15, 0.2) is 93.8 Å². The van der Waals surface area contributed by atoms with Crippen molar-refractivity contribution in [3.8, 4) is 22.6 Å². The van der Waals surface area contributed by atoms with Gasteiger partial charge in [-0.25, -0.2) is 0 Å². The molecule has 0 aliphatic heterocycles. The molecule has 0 atom stereocenters. The quantitative estimate of drug-likeness (QED) is 0.0890. The molecular weight excluding hydrogens is 811 g/mol. The molecule has 1 N–H and O–H groups in total. The van der Waals surface area contributed by atoms with Crippen LogP contribution >= 0.6 is 0 Å². The number of furan rings is 2. The SMILES string of the molecule is CCC(C)(CC)C(=O)/C=C(\O)C(C)(CC)CC.Cc1c(-c2coc3ccccc23)oc2ccnc(-c3[c-]c4ccccc4c(C(C)(C)C)c3)c12.[Ir]. The van der Waals surface area contributed by atoms with Crippen LogP contribution in [0.3, 0.4) is 0 Å². The van der Waals surface area contributed by atoms with Crippen LogP contribution < -0.4 is 0 Å². The summed E-state index contributed by atoms with van der Waals surface area (Å²) in [6, 6.07) is 24.3. The molecule has 3 aromatic heterocycles. The van der Waals surface area contributed by atoms with Crippen LogP contribution in [0.25, 0.3) is 55.3 Å². The fourth-order valence-corrected chi connectivity index (χ4v) is 6.47. The van der Waals surface area contributed by atoms with Gasteiger partial charge >= 0.3 is 0 Å². The van der Waals surface area contributed by atoms with E-state index in [1.807, 2.05) is 72.0 Å². The van der Waals surface area contributed by atoms with E-state index in [-0.39, 0.29) is 47.9 Å². The van der Waals surface area contributed by atoms with E-state index < -0.39 is 0 Å². The van der Waals surface area contributed by atoms with Crippen LogP contribution in [0.4, 0.5) is 0 Å². The summed E-state index contributed by atoms with van der Waals surface area (Å²) in [4.78, 5) is 17.0. The van der Waals surface area contributed by atoms with Gasteiger partial charge in [-0.3, -0.25) is 9.78 Å². The second-order valence-corrected chi connectivity index (χ2v) is 15.1. The number of carbonyl (C=O) groups excluding carboxylic acids is 1. The van der Waals surface area contributed by atoms with Crippen molar-refractivity contribution in [1.82, 2.24) is 4.98 Å². The maximum Gasteiger partial charge on any atom is 0.164 e. The summed E-state index contributed by atoms with van der Waals surface area (Å²) < 4.78 is 12.2. The number of pyridine rings is 1. The van der Waals surface area contributed by atoms with Crippen LogP contribution in [-0.2, 0) is 30.3 Å². The standard InChI is InChI=1S/C30H24NO2.C15H28O2.Ir/c1-18-27-26(33-29(18)23-17-32-25-12-8-7-11-22(23)25)13-14-31-28(27)20-15-19-9-5-6-10-21(19)24(16-20)30(2,3)4;1-7-14(5,8-2)12(16)11-13(17)15(6,9-3)10-4;/h5-14,16-17H,1-4H3;11,16H,7-10H2,1-6H3;/q-1;;/b;12-11-;. The minimum atomic E-state index is -0.337. The first-order valence-corrected chi connectivity index (χ1v) is 18.0. The zero-order valence-electron chi connectivity index (χ0n) is 31.8. The molecule has 0 unspecified atom stereocenters. The van der Waals surface area contributed by atoms with Gasteiger partial charge in [0.15, 0.2) is 5.78 Å². The van der Waals surface area contributed by atoms with E-state index in [4.69, 9.17) is 13.8 Å². The number of carbonyl (C=O) groups is 1. The Labute approximate surface area is 316 Å². The van der Waals surface area contributed by atoms with Crippen LogP contribution in [0.1, 0.15) is 99.1 Å². The Bertz CT molecular complexity index is 2170. The Morgan fingerprint density at radius 3 is 2.08 bits per heavy atom. The third-order valence-electron chi connectivity index (χ3n) is 11.0. The van der Waals surface area contributed by atoms with Gasteiger partial charge in [0.25, 0.3) is 0 Å². The number of fused-ring (bicyclic) bond motifs is 3. The van der Waals surface area contributed by atoms with E-state index in [1.165, 1.54) is 17.0 Å². The van der Waals surface area contributed by atoms with Crippen molar-refractivity contribution in [2.75, 3.05) is 0 Å². The number of aliphatic hydroxyl groups is 1. The van der Waals surface area contributed by atoms with Gasteiger partial charge in [-0.1, -0.05) is 110 Å². The maximum atomic E-state index is 12.2. The molecule has 6 heteroatoms. The first kappa shape index (κ1) is 39.8. The summed E-state index contributed by atoms with van der Waals surface area (Å²) >= 11 is 0. The van der Waals surface area contributed by atoms with Crippen LogP contribution in [-0.4, -0.2) is 15.9 Å². The first-order chi connectivity index (χ1) is 23.7. The number of rotatable bonds is 9. The molecule has 0 saturated carbocycles. The van der Waals surface area contributed by atoms with Crippen LogP contribution in [0, 0.1) is 23.8 Å². The Balaban J connectivity index is 0.000000279. The summed E-state index contributed by atoms with van der Waals surface area (Å²) in [6.45, 7) is 20.9. The average Bonchev–Trinajstić information content (AvgIpc) is 3.70. The van der Waals surface area contributed by atoms with Gasteiger partial charge in [0.05, 0.1) is 5.56 Å². The maximum absolute atomic E-state index is 12.2. The van der Waals surface area contributed by atoms with E-state index in [0.29, 0.717) is 0 Å². The summed E-state index contributed by atoms with van der Waals surface area (Å²) in [5.74, 6) is 1.11. The van der Waals surface area contributed by atoms with Crippen molar-refractivity contribution >= 4 is 38.5 Å². The molecule has 3 heterocycles. The van der Waals surface area contributed by atoms with Crippen LogP contribution in [0.2, 0.25) is 0 Å². The number of hydrogen-bond donors (Lipinski definition) is 1. The van der Waals surface area contributed by atoms with Crippen molar-refractivity contribution in [3.05, 3.63) is 102 Å². The smallest absolute Gasteiger partial charge is 0.164 e. The molecule has 6 rings (SSSR count). The van der Waals surface area contributed by atoms with Crippen molar-refractivity contribution in [1.29, 1.82) is 0 Å². The summed E-state index contributed by atoms with van der Waals surface area (Å²) in [7, 11) is 0. The molecule has 51 heavy (non-hydrogen) atoms. The largest absolute Gasteiger partial charge is 0.512 e. The van der Waals surface area contributed by atoms with Gasteiger partial charge in [0.1, 0.15) is 28.9 Å². The molecular formula is C45H52IrNO4-. The normalized spacial score (nSPS) is 12.5. The monoisotopic (exact) mass is 863 g/mol. The number of ketones is 1. The van der Waals surface area contributed by atoms with E-state index in [0.717, 1.165) is 81.2 Å². The minimum absolute atomic E-state index is 0. The molecule has 0 saturated heterocycles. The third-order valence-corrected chi connectivity index (χ3v) is 11.0. The van der Waals surface area contributed by atoms with Crippen molar-refractivity contribution < 1.29 is 38.8 Å². The Kier molecular flexibility index (Phi) is 12.3. The number of para-hydroxylation sites is 1. The van der Waals surface area contributed by atoms with E-state index in [1.54, 1.807) is 6.26 Å². The van der Waals surface area contributed by atoms with Gasteiger partial charge in [0.2, 0.25) is 0 Å². The number of aromatic nitrogens is 1. The fraction of sp³-hybridized carbons (Fsp3) is 0.378. The number of benzene rings is 3. The zero-order chi connectivity index (χ0) is 36.4. The van der Waals surface area contributed by atoms with Crippen molar-refractivity contribution in [3.63, 3.8) is 0 Å². The summed E-state index contributed by atoms with van der Waals surface area (Å²) in [6.07, 6.45) is 8.35. The van der Waals surface area contributed by atoms with Gasteiger partial charge in [-0.15, -0.1) is 29.1 Å². The predicted octanol–water partition coefficient (Wildman–Crippen LogP) is 13.1. The molecule has 271 valence electrons. The average molecular weight is 863 g/mol. The molecule has 0 bridgehead atoms. The van der Waals surface area contributed by atoms with Gasteiger partial charge in [-0.05, 0) is 55.7 Å². The number of nitrogens with zero attached hydrogens (tertiary/aromatic N) is 1. The topological polar surface area (TPSA) is 76.5 Å². The summed E-state index contributed by atoms with van der Waals surface area (Å²) in [5.41, 5.74) is 6.23. The molecule has 5 nitrogen and oxygen atoms in total. The van der Waals surface area contributed by atoms with Gasteiger partial charge < -0.3 is 13.9 Å². The fourth-order valence-electron chi connectivity index (χ4n) is 6.47. The molecule has 1 radical (unpaired) electrons. The van der Waals surface area contributed by atoms with E-state index in [2.05, 4.69) is 70.2 Å². The van der Waals surface area contributed by atoms with E-state index >= 15 is 0 Å². The predicted molar refractivity (Wildman–Crippen MR) is 208 cm³/mol. The Morgan fingerprint density at radius 2 is 1.45 bits per heavy atom.